The van der Waals surface area contributed by atoms with Crippen LogP contribution in [-0.2, 0) is 13.2 Å². The van der Waals surface area contributed by atoms with Gasteiger partial charge in [0.05, 0.1) is 12.4 Å². The molecule has 0 spiro atoms. The molecule has 0 saturated carbocycles. The second-order valence-corrected chi connectivity index (χ2v) is 4.15. The third kappa shape index (κ3) is 2.56. The average molecular weight is 223 g/mol. The Morgan fingerprint density at radius 1 is 1.53 bits per heavy atom. The molecule has 0 aliphatic carbocycles. The molecule has 2 heterocycles. The lowest BCUT2D eigenvalue weighted by Gasteiger charge is -1.98. The lowest BCUT2D eigenvalue weighted by molar-refractivity contribution is 0.305. The molecule has 4 nitrogen and oxygen atoms in total. The topological polar surface area (TPSA) is 39.9 Å². The van der Waals surface area contributed by atoms with Gasteiger partial charge in [-0.05, 0) is 13.8 Å². The summed E-state index contributed by atoms with van der Waals surface area (Å²) in [5, 5.41) is 7.15. The number of ether oxygens (including phenoxy) is 1. The van der Waals surface area contributed by atoms with Gasteiger partial charge in [0.2, 0.25) is 0 Å². The van der Waals surface area contributed by atoms with Crippen LogP contribution in [0.15, 0.2) is 17.8 Å². The normalized spacial score (nSPS) is 10.5. The maximum Gasteiger partial charge on any atom is 0.157 e. The average Bonchev–Trinajstić information content (AvgIpc) is 2.83. The zero-order valence-corrected chi connectivity index (χ0v) is 9.62. The van der Waals surface area contributed by atoms with E-state index in [0.29, 0.717) is 6.61 Å². The first-order chi connectivity index (χ1) is 7.28. The van der Waals surface area contributed by atoms with Gasteiger partial charge in [-0.3, -0.25) is 4.68 Å². The van der Waals surface area contributed by atoms with E-state index in [4.69, 9.17) is 4.74 Å². The molecule has 0 aromatic carbocycles. The molecule has 0 aliphatic heterocycles. The Kier molecular flexibility index (Phi) is 3.01. The molecule has 0 atom stereocenters. The largest absolute Gasteiger partial charge is 0.483 e. The monoisotopic (exact) mass is 223 g/mol. The fraction of sp³-hybridized carbons (Fsp3) is 0.400. The zero-order valence-electron chi connectivity index (χ0n) is 8.80. The first kappa shape index (κ1) is 10.2. The van der Waals surface area contributed by atoms with Gasteiger partial charge in [0.25, 0.3) is 0 Å². The van der Waals surface area contributed by atoms with Crippen molar-refractivity contribution in [3.63, 3.8) is 0 Å². The molecule has 0 radical (unpaired) electrons. The molecule has 2 rings (SSSR count). The van der Waals surface area contributed by atoms with E-state index in [0.717, 1.165) is 23.0 Å². The van der Waals surface area contributed by atoms with Crippen molar-refractivity contribution in [3.8, 4) is 5.75 Å². The zero-order chi connectivity index (χ0) is 10.7. The van der Waals surface area contributed by atoms with Crippen molar-refractivity contribution in [1.29, 1.82) is 0 Å². The number of hydrogen-bond donors (Lipinski definition) is 0. The highest BCUT2D eigenvalue weighted by Crippen LogP contribution is 2.14. The van der Waals surface area contributed by atoms with Crippen molar-refractivity contribution >= 4 is 11.3 Å². The van der Waals surface area contributed by atoms with Crippen LogP contribution in [0.1, 0.15) is 17.6 Å². The van der Waals surface area contributed by atoms with E-state index >= 15 is 0 Å². The maximum absolute atomic E-state index is 5.55. The minimum atomic E-state index is 0.522. The number of rotatable bonds is 4. The van der Waals surface area contributed by atoms with E-state index in [-0.39, 0.29) is 0 Å². The van der Waals surface area contributed by atoms with E-state index in [1.54, 1.807) is 17.5 Å². The van der Waals surface area contributed by atoms with Crippen molar-refractivity contribution in [2.75, 3.05) is 0 Å². The fourth-order valence-corrected chi connectivity index (χ4v) is 1.89. The van der Waals surface area contributed by atoms with Crippen LogP contribution >= 0.6 is 11.3 Å². The summed E-state index contributed by atoms with van der Waals surface area (Å²) in [6, 6.07) is 0. The Labute approximate surface area is 92.5 Å². The third-order valence-electron chi connectivity index (χ3n) is 1.96. The predicted molar refractivity (Wildman–Crippen MR) is 59.1 cm³/mol. The van der Waals surface area contributed by atoms with Crippen LogP contribution in [0.3, 0.4) is 0 Å². The molecule has 0 amide bonds. The molecule has 5 heteroatoms. The SMILES string of the molecule is CCn1cc(OCc2nc(C)cs2)cn1. The predicted octanol–water partition coefficient (Wildman–Crippen LogP) is 2.25. The summed E-state index contributed by atoms with van der Waals surface area (Å²) < 4.78 is 7.39. The van der Waals surface area contributed by atoms with Crippen LogP contribution in [0, 0.1) is 6.92 Å². The molecule has 0 aliphatic rings. The van der Waals surface area contributed by atoms with E-state index < -0.39 is 0 Å². The Bertz CT molecular complexity index is 435. The first-order valence-corrected chi connectivity index (χ1v) is 5.72. The summed E-state index contributed by atoms with van der Waals surface area (Å²) in [6.07, 6.45) is 3.62. The van der Waals surface area contributed by atoms with Gasteiger partial charge in [-0.15, -0.1) is 11.3 Å². The van der Waals surface area contributed by atoms with Crippen molar-refractivity contribution in [1.82, 2.24) is 14.8 Å². The van der Waals surface area contributed by atoms with Crippen molar-refractivity contribution in [2.24, 2.45) is 0 Å². The smallest absolute Gasteiger partial charge is 0.157 e. The molecule has 15 heavy (non-hydrogen) atoms. The summed E-state index contributed by atoms with van der Waals surface area (Å²) in [5.41, 5.74) is 1.04. The minimum absolute atomic E-state index is 0.522. The molecular weight excluding hydrogens is 210 g/mol. The van der Waals surface area contributed by atoms with E-state index in [2.05, 4.69) is 10.1 Å². The molecule has 0 saturated heterocycles. The third-order valence-corrected chi connectivity index (χ3v) is 2.90. The van der Waals surface area contributed by atoms with Gasteiger partial charge in [-0.2, -0.15) is 5.10 Å². The van der Waals surface area contributed by atoms with Crippen molar-refractivity contribution < 1.29 is 4.74 Å². The molecule has 0 bridgehead atoms. The Morgan fingerprint density at radius 2 is 2.40 bits per heavy atom. The van der Waals surface area contributed by atoms with Crippen LogP contribution in [0.4, 0.5) is 0 Å². The summed E-state index contributed by atoms with van der Waals surface area (Å²) in [5.74, 6) is 0.796. The highest BCUT2D eigenvalue weighted by molar-refractivity contribution is 7.09. The van der Waals surface area contributed by atoms with Gasteiger partial charge in [0, 0.05) is 17.6 Å². The molecule has 0 unspecified atom stereocenters. The summed E-state index contributed by atoms with van der Waals surface area (Å²) in [6.45, 7) is 5.41. The number of aryl methyl sites for hydroxylation is 2. The first-order valence-electron chi connectivity index (χ1n) is 4.84. The van der Waals surface area contributed by atoms with Gasteiger partial charge in [-0.1, -0.05) is 0 Å². The quantitative estimate of drug-likeness (QED) is 0.798. The standard InChI is InChI=1S/C10H13N3OS/c1-3-13-5-9(4-11-13)14-6-10-12-8(2)7-15-10/h4-5,7H,3,6H2,1-2H3. The molecular formula is C10H13N3OS. The molecule has 0 N–H and O–H groups in total. The fourth-order valence-electron chi connectivity index (χ4n) is 1.21. The Hall–Kier alpha value is -1.36. The number of hydrogen-bond acceptors (Lipinski definition) is 4. The minimum Gasteiger partial charge on any atom is -0.483 e. The van der Waals surface area contributed by atoms with E-state index in [1.165, 1.54) is 0 Å². The lowest BCUT2D eigenvalue weighted by Crippen LogP contribution is -1.94. The van der Waals surface area contributed by atoms with Gasteiger partial charge < -0.3 is 4.74 Å². The van der Waals surface area contributed by atoms with Gasteiger partial charge in [0.1, 0.15) is 11.6 Å². The summed E-state index contributed by atoms with van der Waals surface area (Å²) in [4.78, 5) is 4.32. The lowest BCUT2D eigenvalue weighted by atomic mass is 10.6. The maximum atomic E-state index is 5.55. The van der Waals surface area contributed by atoms with Crippen LogP contribution in [0.25, 0.3) is 0 Å². The van der Waals surface area contributed by atoms with Crippen molar-refractivity contribution in [3.05, 3.63) is 28.5 Å². The highest BCUT2D eigenvalue weighted by atomic mass is 32.1. The van der Waals surface area contributed by atoms with Crippen molar-refractivity contribution in [2.45, 2.75) is 27.0 Å². The highest BCUT2D eigenvalue weighted by Gasteiger charge is 2.01. The Balaban J connectivity index is 1.93. The Morgan fingerprint density at radius 3 is 3.00 bits per heavy atom. The molecule has 80 valence electrons. The van der Waals surface area contributed by atoms with Crippen LogP contribution in [0.5, 0.6) is 5.75 Å². The number of nitrogens with zero attached hydrogens (tertiary/aromatic N) is 3. The van der Waals surface area contributed by atoms with Gasteiger partial charge >= 0.3 is 0 Å². The second kappa shape index (κ2) is 4.44. The van der Waals surface area contributed by atoms with E-state index in [1.807, 2.05) is 30.1 Å². The van der Waals surface area contributed by atoms with E-state index in [9.17, 15) is 0 Å². The number of thiazole rings is 1. The van der Waals surface area contributed by atoms with Crippen LogP contribution in [0.2, 0.25) is 0 Å². The van der Waals surface area contributed by atoms with Crippen LogP contribution in [-0.4, -0.2) is 14.8 Å². The summed E-state index contributed by atoms with van der Waals surface area (Å²) in [7, 11) is 0. The van der Waals surface area contributed by atoms with Gasteiger partial charge in [-0.25, -0.2) is 4.98 Å². The molecule has 2 aromatic heterocycles. The number of aromatic nitrogens is 3. The van der Waals surface area contributed by atoms with Crippen LogP contribution < -0.4 is 4.74 Å². The molecule has 2 aromatic rings. The second-order valence-electron chi connectivity index (χ2n) is 3.20. The molecule has 0 fully saturated rings. The van der Waals surface area contributed by atoms with Gasteiger partial charge in [0.15, 0.2) is 5.75 Å². The summed E-state index contributed by atoms with van der Waals surface area (Å²) >= 11 is 1.62.